The number of fused-ring (bicyclic) bond motifs is 1. The van der Waals surface area contributed by atoms with Crippen LogP contribution in [0.4, 0.5) is 0 Å². The molecule has 0 aliphatic rings. The number of aromatic nitrogens is 1. The van der Waals surface area contributed by atoms with E-state index in [4.69, 9.17) is 4.42 Å². The Morgan fingerprint density at radius 3 is 2.48 bits per heavy atom. The van der Waals surface area contributed by atoms with E-state index in [0.717, 1.165) is 11.1 Å². The molecule has 21 heavy (non-hydrogen) atoms. The van der Waals surface area contributed by atoms with Gasteiger partial charge in [0.1, 0.15) is 0 Å². The standard InChI is InChI=1S/C16H15IN2O2/c1-18-15(10-3-6-12(17)7-4-10)11-5-8-13-14(9-11)21-16(20)19(13)2/h3-9,15,18H,1-2H3. The van der Waals surface area contributed by atoms with E-state index in [1.54, 1.807) is 7.05 Å². The summed E-state index contributed by atoms with van der Waals surface area (Å²) in [6.45, 7) is 0. The minimum absolute atomic E-state index is 0.0666. The minimum atomic E-state index is -0.336. The molecule has 3 rings (SSSR count). The van der Waals surface area contributed by atoms with Gasteiger partial charge < -0.3 is 9.73 Å². The lowest BCUT2D eigenvalue weighted by molar-refractivity contribution is 0.527. The molecule has 1 heterocycles. The molecule has 3 aromatic rings. The van der Waals surface area contributed by atoms with E-state index in [1.165, 1.54) is 13.7 Å². The summed E-state index contributed by atoms with van der Waals surface area (Å²) in [5.41, 5.74) is 3.67. The predicted octanol–water partition coefficient (Wildman–Crippen LogP) is 3.04. The van der Waals surface area contributed by atoms with Gasteiger partial charge in [0.25, 0.3) is 0 Å². The molecular formula is C16H15IN2O2. The second kappa shape index (κ2) is 5.65. The SMILES string of the molecule is CNC(c1ccc(I)cc1)c1ccc2c(c1)oc(=O)n2C. The summed E-state index contributed by atoms with van der Waals surface area (Å²) in [6.07, 6.45) is 0. The first-order chi connectivity index (χ1) is 10.1. The third kappa shape index (κ3) is 2.63. The van der Waals surface area contributed by atoms with Crippen molar-refractivity contribution in [3.63, 3.8) is 0 Å². The topological polar surface area (TPSA) is 47.2 Å². The molecular weight excluding hydrogens is 379 g/mol. The van der Waals surface area contributed by atoms with Crippen LogP contribution in [-0.4, -0.2) is 11.6 Å². The van der Waals surface area contributed by atoms with Crippen LogP contribution in [0.25, 0.3) is 11.1 Å². The van der Waals surface area contributed by atoms with Crippen LogP contribution < -0.4 is 11.1 Å². The van der Waals surface area contributed by atoms with E-state index >= 15 is 0 Å². The third-order valence-corrected chi connectivity index (χ3v) is 4.36. The molecule has 108 valence electrons. The monoisotopic (exact) mass is 394 g/mol. The van der Waals surface area contributed by atoms with E-state index in [1.807, 2.05) is 25.2 Å². The Labute approximate surface area is 135 Å². The molecule has 0 radical (unpaired) electrons. The number of oxazole rings is 1. The quantitative estimate of drug-likeness (QED) is 0.695. The number of nitrogens with one attached hydrogen (secondary N) is 1. The fraction of sp³-hybridized carbons (Fsp3) is 0.188. The predicted molar refractivity (Wildman–Crippen MR) is 91.5 cm³/mol. The Hall–Kier alpha value is -1.60. The van der Waals surface area contributed by atoms with Crippen molar-refractivity contribution in [1.82, 2.24) is 9.88 Å². The first-order valence-corrected chi connectivity index (χ1v) is 7.70. The zero-order valence-corrected chi connectivity index (χ0v) is 13.9. The maximum atomic E-state index is 11.6. The number of rotatable bonds is 3. The highest BCUT2D eigenvalue weighted by Crippen LogP contribution is 2.25. The van der Waals surface area contributed by atoms with E-state index in [0.29, 0.717) is 5.58 Å². The van der Waals surface area contributed by atoms with Gasteiger partial charge in [-0.05, 0) is 65.0 Å². The van der Waals surface area contributed by atoms with Gasteiger partial charge in [-0.1, -0.05) is 18.2 Å². The molecule has 0 aliphatic heterocycles. The Morgan fingerprint density at radius 2 is 1.81 bits per heavy atom. The average molecular weight is 394 g/mol. The molecule has 0 saturated carbocycles. The zero-order valence-electron chi connectivity index (χ0n) is 11.8. The Balaban J connectivity index is 2.08. The largest absolute Gasteiger partial charge is 0.419 e. The smallest absolute Gasteiger partial charge is 0.408 e. The van der Waals surface area contributed by atoms with Crippen molar-refractivity contribution in [3.05, 3.63) is 67.7 Å². The van der Waals surface area contributed by atoms with Crippen molar-refractivity contribution >= 4 is 33.7 Å². The Kier molecular flexibility index (Phi) is 3.86. The van der Waals surface area contributed by atoms with Crippen LogP contribution in [0.15, 0.2) is 51.7 Å². The van der Waals surface area contributed by atoms with Crippen molar-refractivity contribution in [1.29, 1.82) is 0 Å². The number of aryl methyl sites for hydroxylation is 1. The molecule has 2 aromatic carbocycles. The highest BCUT2D eigenvalue weighted by Gasteiger charge is 2.14. The van der Waals surface area contributed by atoms with Crippen LogP contribution in [0.3, 0.4) is 0 Å². The van der Waals surface area contributed by atoms with Crippen LogP contribution in [0, 0.1) is 3.57 Å². The molecule has 1 aromatic heterocycles. The maximum absolute atomic E-state index is 11.6. The molecule has 1 N–H and O–H groups in total. The summed E-state index contributed by atoms with van der Waals surface area (Å²) in [4.78, 5) is 11.6. The number of halogens is 1. The van der Waals surface area contributed by atoms with Crippen molar-refractivity contribution in [2.75, 3.05) is 7.05 Å². The van der Waals surface area contributed by atoms with Crippen LogP contribution in [0.5, 0.6) is 0 Å². The third-order valence-electron chi connectivity index (χ3n) is 3.64. The van der Waals surface area contributed by atoms with Crippen molar-refractivity contribution in [2.24, 2.45) is 7.05 Å². The first-order valence-electron chi connectivity index (χ1n) is 6.62. The van der Waals surface area contributed by atoms with Gasteiger partial charge in [0.2, 0.25) is 0 Å². The summed E-state index contributed by atoms with van der Waals surface area (Å²) in [7, 11) is 3.64. The fourth-order valence-corrected chi connectivity index (χ4v) is 2.87. The molecule has 0 aliphatic carbocycles. The normalized spacial score (nSPS) is 12.7. The molecule has 0 amide bonds. The van der Waals surface area contributed by atoms with Crippen LogP contribution >= 0.6 is 22.6 Å². The van der Waals surface area contributed by atoms with Crippen LogP contribution in [0.1, 0.15) is 17.2 Å². The molecule has 1 unspecified atom stereocenters. The molecule has 0 fully saturated rings. The summed E-state index contributed by atoms with van der Waals surface area (Å²) < 4.78 is 7.98. The van der Waals surface area contributed by atoms with Gasteiger partial charge in [-0.15, -0.1) is 0 Å². The van der Waals surface area contributed by atoms with Crippen LogP contribution in [0.2, 0.25) is 0 Å². The first kappa shape index (κ1) is 14.3. The summed E-state index contributed by atoms with van der Waals surface area (Å²) >= 11 is 2.29. The number of benzene rings is 2. The van der Waals surface area contributed by atoms with Gasteiger partial charge >= 0.3 is 5.76 Å². The summed E-state index contributed by atoms with van der Waals surface area (Å²) in [5, 5.41) is 3.31. The maximum Gasteiger partial charge on any atom is 0.419 e. The molecule has 1 atom stereocenters. The van der Waals surface area contributed by atoms with E-state index < -0.39 is 0 Å². The average Bonchev–Trinajstić information content (AvgIpc) is 2.77. The van der Waals surface area contributed by atoms with Gasteiger partial charge in [-0.3, -0.25) is 4.57 Å². The summed E-state index contributed by atoms with van der Waals surface area (Å²) in [5.74, 6) is -0.336. The summed E-state index contributed by atoms with van der Waals surface area (Å²) in [6, 6.07) is 14.3. The fourth-order valence-electron chi connectivity index (χ4n) is 2.51. The van der Waals surface area contributed by atoms with Gasteiger partial charge in [0.15, 0.2) is 5.58 Å². The molecule has 4 nitrogen and oxygen atoms in total. The van der Waals surface area contributed by atoms with Gasteiger partial charge in [0.05, 0.1) is 11.6 Å². The Morgan fingerprint density at radius 1 is 1.14 bits per heavy atom. The molecule has 5 heteroatoms. The lowest BCUT2D eigenvalue weighted by atomic mass is 9.99. The molecule has 0 bridgehead atoms. The van der Waals surface area contributed by atoms with E-state index in [9.17, 15) is 4.79 Å². The lowest BCUT2D eigenvalue weighted by Crippen LogP contribution is -2.17. The highest BCUT2D eigenvalue weighted by atomic mass is 127. The highest BCUT2D eigenvalue weighted by molar-refractivity contribution is 14.1. The van der Waals surface area contributed by atoms with Gasteiger partial charge in [-0.2, -0.15) is 0 Å². The van der Waals surface area contributed by atoms with Gasteiger partial charge in [-0.25, -0.2) is 4.79 Å². The number of hydrogen-bond acceptors (Lipinski definition) is 3. The van der Waals surface area contributed by atoms with Crippen molar-refractivity contribution in [3.8, 4) is 0 Å². The van der Waals surface area contributed by atoms with Crippen molar-refractivity contribution < 1.29 is 4.42 Å². The van der Waals surface area contributed by atoms with E-state index in [-0.39, 0.29) is 11.8 Å². The molecule has 0 spiro atoms. The zero-order chi connectivity index (χ0) is 15.0. The minimum Gasteiger partial charge on any atom is -0.408 e. The number of nitrogens with zero attached hydrogens (tertiary/aromatic N) is 1. The van der Waals surface area contributed by atoms with Crippen LogP contribution in [-0.2, 0) is 7.05 Å². The number of hydrogen-bond donors (Lipinski definition) is 1. The Bertz CT molecular complexity index is 834. The van der Waals surface area contributed by atoms with E-state index in [2.05, 4.69) is 52.2 Å². The second-order valence-electron chi connectivity index (χ2n) is 4.93. The van der Waals surface area contributed by atoms with Gasteiger partial charge in [0, 0.05) is 10.6 Å². The second-order valence-corrected chi connectivity index (χ2v) is 6.17. The lowest BCUT2D eigenvalue weighted by Gasteiger charge is -2.17. The van der Waals surface area contributed by atoms with Crippen molar-refractivity contribution in [2.45, 2.75) is 6.04 Å². The molecule has 0 saturated heterocycles.